The summed E-state index contributed by atoms with van der Waals surface area (Å²) in [6.45, 7) is 2.64. The summed E-state index contributed by atoms with van der Waals surface area (Å²) in [5.74, 6) is 0.798. The number of ether oxygens (including phenoxy) is 1. The average molecular weight is 476 g/mol. The van der Waals surface area contributed by atoms with Crippen LogP contribution in [0.3, 0.4) is 0 Å². The zero-order valence-electron chi connectivity index (χ0n) is 18.1. The molecule has 0 amide bonds. The molecule has 1 aromatic carbocycles. The fraction of sp³-hybridized carbons (Fsp3) is 0.455. The second-order valence-electron chi connectivity index (χ2n) is 8.37. The van der Waals surface area contributed by atoms with Gasteiger partial charge in [-0.25, -0.2) is 18.4 Å². The molecule has 1 saturated heterocycles. The number of halogens is 1. The van der Waals surface area contributed by atoms with Crippen molar-refractivity contribution >= 4 is 49.9 Å². The van der Waals surface area contributed by atoms with Crippen LogP contribution < -0.4 is 9.62 Å². The Bertz CT molecular complexity index is 1270. The summed E-state index contributed by atoms with van der Waals surface area (Å²) in [5, 5.41) is 3.40. The van der Waals surface area contributed by atoms with E-state index in [1.165, 1.54) is 4.31 Å². The standard InChI is InChI=1S/C22H26ClN5O3S/c1-14-24-21-17(13-19(23)26-22(21)28(14)20-9-5-6-12-31-20)25-16-7-3-4-8-18(16)27(2)32(29,30)15-10-11-15/h3-4,7-8,13,15,20H,5-6,9-12H2,1-2H3,(H,25,26). The Morgan fingerprint density at radius 2 is 1.94 bits per heavy atom. The summed E-state index contributed by atoms with van der Waals surface area (Å²) >= 11 is 6.40. The molecule has 5 rings (SSSR count). The van der Waals surface area contributed by atoms with Gasteiger partial charge in [0.1, 0.15) is 22.7 Å². The van der Waals surface area contributed by atoms with Gasteiger partial charge in [0.05, 0.1) is 22.3 Å². The van der Waals surface area contributed by atoms with Crippen LogP contribution in [-0.2, 0) is 14.8 Å². The maximum atomic E-state index is 12.8. The largest absolute Gasteiger partial charge is 0.358 e. The van der Waals surface area contributed by atoms with Gasteiger partial charge in [-0.2, -0.15) is 0 Å². The SMILES string of the molecule is Cc1nc2c(Nc3ccccc3N(C)S(=O)(=O)C3CC3)cc(Cl)nc2n1C1CCCCO1. The highest BCUT2D eigenvalue weighted by atomic mass is 35.5. The van der Waals surface area contributed by atoms with Crippen LogP contribution >= 0.6 is 11.6 Å². The average Bonchev–Trinajstić information content (AvgIpc) is 3.58. The van der Waals surface area contributed by atoms with Crippen molar-refractivity contribution in [2.75, 3.05) is 23.3 Å². The predicted octanol–water partition coefficient (Wildman–Crippen LogP) is 4.76. The highest BCUT2D eigenvalue weighted by Gasteiger charge is 2.39. The van der Waals surface area contributed by atoms with E-state index in [0.29, 0.717) is 52.8 Å². The van der Waals surface area contributed by atoms with E-state index in [1.54, 1.807) is 19.2 Å². The van der Waals surface area contributed by atoms with Crippen molar-refractivity contribution < 1.29 is 13.2 Å². The van der Waals surface area contributed by atoms with Crippen molar-refractivity contribution in [2.24, 2.45) is 0 Å². The number of rotatable bonds is 6. The lowest BCUT2D eigenvalue weighted by Crippen LogP contribution is -2.30. The highest BCUT2D eigenvalue weighted by molar-refractivity contribution is 7.93. The summed E-state index contributed by atoms with van der Waals surface area (Å²) in [4.78, 5) is 9.30. The minimum Gasteiger partial charge on any atom is -0.358 e. The van der Waals surface area contributed by atoms with Crippen molar-refractivity contribution in [3.05, 3.63) is 41.3 Å². The van der Waals surface area contributed by atoms with Gasteiger partial charge in [0.2, 0.25) is 10.0 Å². The fourth-order valence-corrected chi connectivity index (χ4v) is 6.04. The summed E-state index contributed by atoms with van der Waals surface area (Å²) in [5.41, 5.74) is 3.22. The number of aromatic nitrogens is 3. The van der Waals surface area contributed by atoms with Crippen LogP contribution in [0.1, 0.15) is 44.2 Å². The molecule has 0 radical (unpaired) electrons. The molecule has 32 heavy (non-hydrogen) atoms. The molecule has 1 aliphatic heterocycles. The van der Waals surface area contributed by atoms with Crippen molar-refractivity contribution in [1.82, 2.24) is 14.5 Å². The number of benzene rings is 1. The molecule has 2 fully saturated rings. The molecule has 1 atom stereocenters. The summed E-state index contributed by atoms with van der Waals surface area (Å²) < 4.78 is 35.0. The summed E-state index contributed by atoms with van der Waals surface area (Å²) in [7, 11) is -1.78. The van der Waals surface area contributed by atoms with Gasteiger partial charge in [0.25, 0.3) is 0 Å². The van der Waals surface area contributed by atoms with E-state index in [1.807, 2.05) is 29.7 Å². The number of aryl methyl sites for hydroxylation is 1. The molecule has 1 saturated carbocycles. The number of fused-ring (bicyclic) bond motifs is 1. The van der Waals surface area contributed by atoms with E-state index < -0.39 is 10.0 Å². The molecular formula is C22H26ClN5O3S. The fourth-order valence-electron chi connectivity index (χ4n) is 4.23. The Morgan fingerprint density at radius 3 is 2.66 bits per heavy atom. The topological polar surface area (TPSA) is 89.4 Å². The first-order chi connectivity index (χ1) is 15.4. The van der Waals surface area contributed by atoms with Gasteiger partial charge in [0, 0.05) is 19.7 Å². The van der Waals surface area contributed by atoms with Crippen LogP contribution in [0, 0.1) is 6.92 Å². The van der Waals surface area contributed by atoms with E-state index in [-0.39, 0.29) is 11.5 Å². The van der Waals surface area contributed by atoms with E-state index in [0.717, 1.165) is 25.1 Å². The third kappa shape index (κ3) is 3.82. The molecule has 1 N–H and O–H groups in total. The number of para-hydroxylation sites is 2. The van der Waals surface area contributed by atoms with Crippen LogP contribution in [0.25, 0.3) is 11.2 Å². The molecule has 0 bridgehead atoms. The third-order valence-corrected chi connectivity index (χ3v) is 8.54. The first-order valence-electron chi connectivity index (χ1n) is 10.9. The molecule has 170 valence electrons. The lowest BCUT2D eigenvalue weighted by molar-refractivity contribution is -0.0309. The Morgan fingerprint density at radius 1 is 1.16 bits per heavy atom. The number of nitrogens with zero attached hydrogens (tertiary/aromatic N) is 4. The molecule has 2 aromatic heterocycles. The normalized spacial score (nSPS) is 19.3. The highest BCUT2D eigenvalue weighted by Crippen LogP contribution is 2.38. The Labute approximate surface area is 192 Å². The van der Waals surface area contributed by atoms with Crippen LogP contribution in [0.15, 0.2) is 30.3 Å². The minimum atomic E-state index is -3.38. The number of nitrogens with one attached hydrogen (secondary N) is 1. The third-order valence-electron chi connectivity index (χ3n) is 6.08. The molecule has 3 heterocycles. The van der Waals surface area contributed by atoms with E-state index in [4.69, 9.17) is 21.3 Å². The van der Waals surface area contributed by atoms with Gasteiger partial charge >= 0.3 is 0 Å². The zero-order valence-corrected chi connectivity index (χ0v) is 19.7. The second kappa shape index (κ2) is 8.20. The summed E-state index contributed by atoms with van der Waals surface area (Å²) in [6.07, 6.45) is 4.35. The number of imidazole rings is 1. The first kappa shape index (κ1) is 21.5. The smallest absolute Gasteiger partial charge is 0.237 e. The number of sulfonamides is 1. The molecule has 1 unspecified atom stereocenters. The quantitative estimate of drug-likeness (QED) is 0.517. The molecule has 2 aliphatic rings. The molecule has 0 spiro atoms. The van der Waals surface area contributed by atoms with Gasteiger partial charge in [0.15, 0.2) is 5.65 Å². The number of hydrogen-bond acceptors (Lipinski definition) is 6. The maximum Gasteiger partial charge on any atom is 0.237 e. The van der Waals surface area contributed by atoms with Crippen molar-refractivity contribution in [2.45, 2.75) is 50.5 Å². The van der Waals surface area contributed by atoms with Gasteiger partial charge in [-0.05, 0) is 51.2 Å². The monoisotopic (exact) mass is 475 g/mol. The lowest BCUT2D eigenvalue weighted by atomic mass is 10.2. The molecule has 8 nitrogen and oxygen atoms in total. The minimum absolute atomic E-state index is 0.116. The van der Waals surface area contributed by atoms with Gasteiger partial charge in [-0.1, -0.05) is 23.7 Å². The van der Waals surface area contributed by atoms with Crippen molar-refractivity contribution in [3.63, 3.8) is 0 Å². The Kier molecular flexibility index (Phi) is 5.51. The Balaban J connectivity index is 1.56. The first-order valence-corrected chi connectivity index (χ1v) is 12.7. The Hall–Kier alpha value is -2.36. The van der Waals surface area contributed by atoms with Gasteiger partial charge in [-0.3, -0.25) is 8.87 Å². The summed E-state index contributed by atoms with van der Waals surface area (Å²) in [6, 6.07) is 9.05. The molecule has 3 aromatic rings. The van der Waals surface area contributed by atoms with Crippen LogP contribution in [-0.4, -0.2) is 41.9 Å². The van der Waals surface area contributed by atoms with Crippen LogP contribution in [0.5, 0.6) is 0 Å². The van der Waals surface area contributed by atoms with Crippen LogP contribution in [0.2, 0.25) is 5.15 Å². The van der Waals surface area contributed by atoms with Crippen molar-refractivity contribution in [3.8, 4) is 0 Å². The van der Waals surface area contributed by atoms with E-state index >= 15 is 0 Å². The lowest BCUT2D eigenvalue weighted by Gasteiger charge is -2.25. The molecular weight excluding hydrogens is 450 g/mol. The molecule has 10 heteroatoms. The van der Waals surface area contributed by atoms with Crippen molar-refractivity contribution in [1.29, 1.82) is 0 Å². The van der Waals surface area contributed by atoms with Crippen LogP contribution in [0.4, 0.5) is 17.1 Å². The van der Waals surface area contributed by atoms with Gasteiger partial charge in [-0.15, -0.1) is 0 Å². The number of hydrogen-bond donors (Lipinski definition) is 1. The van der Waals surface area contributed by atoms with E-state index in [2.05, 4.69) is 10.3 Å². The predicted molar refractivity (Wildman–Crippen MR) is 126 cm³/mol. The number of pyridine rings is 1. The zero-order chi connectivity index (χ0) is 22.5. The number of anilines is 3. The maximum absolute atomic E-state index is 12.8. The van der Waals surface area contributed by atoms with Gasteiger partial charge < -0.3 is 10.1 Å². The molecule has 1 aliphatic carbocycles. The van der Waals surface area contributed by atoms with E-state index in [9.17, 15) is 8.42 Å². The second-order valence-corrected chi connectivity index (χ2v) is 11.0.